The average Bonchev–Trinajstić information content (AvgIpc) is 3.22. The molecule has 3 aromatic heterocycles. The summed E-state index contributed by atoms with van der Waals surface area (Å²) in [5.41, 5.74) is 4.89. The van der Waals surface area contributed by atoms with Crippen molar-refractivity contribution in [3.05, 3.63) is 36.3 Å². The van der Waals surface area contributed by atoms with Crippen molar-refractivity contribution in [1.82, 2.24) is 14.0 Å². The fourth-order valence-corrected chi connectivity index (χ4v) is 5.19. The van der Waals surface area contributed by atoms with Crippen molar-refractivity contribution in [2.24, 2.45) is 5.92 Å². The van der Waals surface area contributed by atoms with E-state index in [0.29, 0.717) is 12.6 Å². The van der Waals surface area contributed by atoms with Gasteiger partial charge in [-0.25, -0.2) is 4.98 Å². The fourth-order valence-electron chi connectivity index (χ4n) is 4.43. The molecule has 0 N–H and O–H groups in total. The predicted octanol–water partition coefficient (Wildman–Crippen LogP) is 5.90. The van der Waals surface area contributed by atoms with Crippen molar-refractivity contribution in [3.8, 4) is 0 Å². The van der Waals surface area contributed by atoms with E-state index in [0.717, 1.165) is 18.2 Å². The van der Waals surface area contributed by atoms with Gasteiger partial charge in [0.2, 0.25) is 0 Å². The Balaban J connectivity index is 1.62. The molecule has 27 heavy (non-hydrogen) atoms. The van der Waals surface area contributed by atoms with Crippen LogP contribution in [0.15, 0.2) is 30.6 Å². The summed E-state index contributed by atoms with van der Waals surface area (Å²) in [5, 5.41) is 0. The first kappa shape index (κ1) is 18.8. The Morgan fingerprint density at radius 2 is 1.96 bits per heavy atom. The Labute approximate surface area is 163 Å². The molecule has 4 nitrogen and oxygen atoms in total. The quantitative estimate of drug-likeness (QED) is 0.392. The average molecular weight is 384 g/mol. The van der Waals surface area contributed by atoms with E-state index in [-0.39, 0.29) is 0 Å². The summed E-state index contributed by atoms with van der Waals surface area (Å²) in [6.07, 6.45) is 9.51. The van der Waals surface area contributed by atoms with Crippen LogP contribution in [0.5, 0.6) is 0 Å². The summed E-state index contributed by atoms with van der Waals surface area (Å²) in [7, 11) is -1.05. The summed E-state index contributed by atoms with van der Waals surface area (Å²) >= 11 is 0. The van der Waals surface area contributed by atoms with Gasteiger partial charge in [0.05, 0.1) is 17.2 Å². The topological polar surface area (TPSA) is 31.5 Å². The molecular formula is C22H33N3OSi. The maximum atomic E-state index is 5.97. The van der Waals surface area contributed by atoms with Crippen LogP contribution in [0.3, 0.4) is 0 Å². The molecule has 0 spiro atoms. The molecule has 1 aliphatic carbocycles. The molecule has 1 aliphatic rings. The number of fused-ring (bicyclic) bond motifs is 3. The van der Waals surface area contributed by atoms with Crippen LogP contribution in [-0.4, -0.2) is 28.6 Å². The number of hydrogen-bond donors (Lipinski definition) is 0. The van der Waals surface area contributed by atoms with Gasteiger partial charge in [-0.3, -0.25) is 0 Å². The molecule has 2 unspecified atom stereocenters. The van der Waals surface area contributed by atoms with Crippen LogP contribution in [0.2, 0.25) is 25.7 Å². The van der Waals surface area contributed by atoms with Crippen LogP contribution in [-0.2, 0) is 11.5 Å². The first-order chi connectivity index (χ1) is 12.9. The monoisotopic (exact) mass is 383 g/mol. The molecule has 4 rings (SSSR count). The maximum Gasteiger partial charge on any atom is 0.158 e. The largest absolute Gasteiger partial charge is 0.361 e. The zero-order chi connectivity index (χ0) is 19.0. The molecular weight excluding hydrogens is 350 g/mol. The van der Waals surface area contributed by atoms with Gasteiger partial charge in [-0.2, -0.15) is 0 Å². The number of ether oxygens (including phenoxy) is 1. The summed E-state index contributed by atoms with van der Waals surface area (Å²) in [6.45, 7) is 11.0. The van der Waals surface area contributed by atoms with E-state index in [9.17, 15) is 0 Å². The smallest absolute Gasteiger partial charge is 0.158 e. The van der Waals surface area contributed by atoms with Crippen molar-refractivity contribution in [2.45, 2.75) is 70.9 Å². The summed E-state index contributed by atoms with van der Waals surface area (Å²) in [5.74, 6) is 1.41. The standard InChI is InChI=1S/C22H33N3OSi/c1-17-7-5-6-8-19(17)20-10-9-18-15-23-22-21(25(18)20)11-12-24(22)16-26-13-14-27(2,3)4/h9-12,15,17,19H,5-8,13-14,16H2,1-4H3. The van der Waals surface area contributed by atoms with Gasteiger partial charge in [0.1, 0.15) is 6.73 Å². The summed E-state index contributed by atoms with van der Waals surface area (Å²) in [4.78, 5) is 4.75. The Morgan fingerprint density at radius 3 is 2.74 bits per heavy atom. The van der Waals surface area contributed by atoms with Crippen LogP contribution in [0.1, 0.15) is 44.2 Å². The molecule has 0 amide bonds. The molecule has 0 bridgehead atoms. The molecule has 5 heteroatoms. The zero-order valence-electron chi connectivity index (χ0n) is 17.2. The van der Waals surface area contributed by atoms with Gasteiger partial charge in [-0.05, 0) is 36.6 Å². The van der Waals surface area contributed by atoms with E-state index in [2.05, 4.69) is 59.9 Å². The summed E-state index contributed by atoms with van der Waals surface area (Å²) < 4.78 is 10.6. The molecule has 1 saturated carbocycles. The normalized spacial score (nSPS) is 21.3. The number of rotatable bonds is 6. The minimum atomic E-state index is -1.05. The van der Waals surface area contributed by atoms with E-state index in [1.165, 1.54) is 48.5 Å². The van der Waals surface area contributed by atoms with E-state index in [4.69, 9.17) is 9.72 Å². The fraction of sp³-hybridized carbons (Fsp3) is 0.591. The highest BCUT2D eigenvalue weighted by Crippen LogP contribution is 2.38. The SMILES string of the molecule is CC1CCCCC1c1ccc2cnc3c(ccn3COCC[Si](C)(C)C)n12. The highest BCUT2D eigenvalue weighted by atomic mass is 28.3. The minimum absolute atomic E-state index is 0.586. The zero-order valence-corrected chi connectivity index (χ0v) is 18.2. The first-order valence-corrected chi connectivity index (χ1v) is 14.2. The van der Waals surface area contributed by atoms with Crippen LogP contribution >= 0.6 is 0 Å². The molecule has 0 saturated heterocycles. The molecule has 1 fully saturated rings. The second-order valence-electron chi connectivity index (χ2n) is 9.49. The van der Waals surface area contributed by atoms with E-state index < -0.39 is 8.07 Å². The third-order valence-electron chi connectivity index (χ3n) is 6.13. The second kappa shape index (κ2) is 7.44. The first-order valence-electron chi connectivity index (χ1n) is 10.5. The van der Waals surface area contributed by atoms with Gasteiger partial charge in [0.15, 0.2) is 5.65 Å². The third kappa shape index (κ3) is 3.85. The molecule has 3 aromatic rings. The molecule has 146 valence electrons. The van der Waals surface area contributed by atoms with Gasteiger partial charge >= 0.3 is 0 Å². The highest BCUT2D eigenvalue weighted by molar-refractivity contribution is 6.76. The Morgan fingerprint density at radius 1 is 1.15 bits per heavy atom. The van der Waals surface area contributed by atoms with Gasteiger partial charge < -0.3 is 13.7 Å². The molecule has 0 radical (unpaired) electrons. The predicted molar refractivity (Wildman–Crippen MR) is 115 cm³/mol. The lowest BCUT2D eigenvalue weighted by Crippen LogP contribution is -2.22. The summed E-state index contributed by atoms with van der Waals surface area (Å²) in [6, 6.07) is 7.95. The van der Waals surface area contributed by atoms with Crippen molar-refractivity contribution >= 4 is 24.8 Å². The van der Waals surface area contributed by atoms with E-state index in [1.54, 1.807) is 0 Å². The van der Waals surface area contributed by atoms with E-state index in [1.807, 2.05) is 6.20 Å². The number of nitrogens with zero attached hydrogens (tertiary/aromatic N) is 3. The van der Waals surface area contributed by atoms with Gasteiger partial charge in [0.25, 0.3) is 0 Å². The van der Waals surface area contributed by atoms with Gasteiger partial charge in [0, 0.05) is 32.5 Å². The Kier molecular flexibility index (Phi) is 5.17. The maximum absolute atomic E-state index is 5.97. The van der Waals surface area contributed by atoms with Crippen LogP contribution < -0.4 is 0 Å². The lowest BCUT2D eigenvalue weighted by molar-refractivity contribution is 0.0899. The van der Waals surface area contributed by atoms with Crippen molar-refractivity contribution in [2.75, 3.05) is 6.61 Å². The molecule has 3 heterocycles. The lowest BCUT2D eigenvalue weighted by Gasteiger charge is -2.29. The van der Waals surface area contributed by atoms with Crippen molar-refractivity contribution in [3.63, 3.8) is 0 Å². The molecule has 2 atom stereocenters. The Hall–Kier alpha value is -1.59. The van der Waals surface area contributed by atoms with Crippen LogP contribution in [0, 0.1) is 5.92 Å². The molecule has 0 aromatic carbocycles. The van der Waals surface area contributed by atoms with Gasteiger partial charge in [-0.1, -0.05) is 45.8 Å². The lowest BCUT2D eigenvalue weighted by atomic mass is 9.78. The minimum Gasteiger partial charge on any atom is -0.361 e. The van der Waals surface area contributed by atoms with Gasteiger partial charge in [-0.15, -0.1) is 0 Å². The van der Waals surface area contributed by atoms with Crippen LogP contribution in [0.25, 0.3) is 16.7 Å². The molecule has 0 aliphatic heterocycles. The van der Waals surface area contributed by atoms with Crippen LogP contribution in [0.4, 0.5) is 0 Å². The van der Waals surface area contributed by atoms with Crippen molar-refractivity contribution < 1.29 is 4.74 Å². The second-order valence-corrected chi connectivity index (χ2v) is 15.1. The van der Waals surface area contributed by atoms with Crippen molar-refractivity contribution in [1.29, 1.82) is 0 Å². The number of hydrogen-bond acceptors (Lipinski definition) is 2. The highest BCUT2D eigenvalue weighted by Gasteiger charge is 2.26. The number of aromatic nitrogens is 3. The van der Waals surface area contributed by atoms with E-state index >= 15 is 0 Å². The Bertz CT molecular complexity index is 921. The third-order valence-corrected chi connectivity index (χ3v) is 7.84.